The fourth-order valence-electron chi connectivity index (χ4n) is 3.97. The van der Waals surface area contributed by atoms with E-state index < -0.39 is 11.6 Å². The average molecular weight is 436 g/mol. The molecule has 1 amide bonds. The van der Waals surface area contributed by atoms with E-state index in [9.17, 15) is 13.6 Å². The van der Waals surface area contributed by atoms with Crippen LogP contribution in [0.4, 0.5) is 14.7 Å². The number of carbonyl (C=O) groups is 1. The number of likely N-dealkylation sites (tertiary alicyclic amines) is 1. The minimum atomic E-state index is -0.837. The molecule has 0 unspecified atom stereocenters. The highest BCUT2D eigenvalue weighted by molar-refractivity contribution is 6.33. The molecule has 160 valence electrons. The van der Waals surface area contributed by atoms with Crippen LogP contribution in [0.5, 0.6) is 0 Å². The minimum absolute atomic E-state index is 0.0139. The Morgan fingerprint density at radius 2 is 1.87 bits per heavy atom. The number of benzene rings is 1. The van der Waals surface area contributed by atoms with Crippen LogP contribution in [0.15, 0.2) is 24.4 Å². The summed E-state index contributed by atoms with van der Waals surface area (Å²) in [6.45, 7) is 3.83. The molecule has 4 rings (SSSR count). The lowest BCUT2D eigenvalue weighted by molar-refractivity contribution is 0.0904. The summed E-state index contributed by atoms with van der Waals surface area (Å²) < 4.78 is 26.5. The van der Waals surface area contributed by atoms with Crippen molar-refractivity contribution in [1.82, 2.24) is 20.2 Å². The summed E-state index contributed by atoms with van der Waals surface area (Å²) in [6.07, 6.45) is 5.20. The molecule has 0 saturated carbocycles. The van der Waals surface area contributed by atoms with E-state index in [1.807, 2.05) is 0 Å². The van der Waals surface area contributed by atoms with E-state index in [0.29, 0.717) is 12.5 Å². The number of nitrogens with one attached hydrogen (secondary N) is 1. The SMILES string of the molecule is O=C(NC1CCN(Cc2ccc(F)c(F)c2)CC1)c1nc(N2CCCC2)ncc1Cl. The van der Waals surface area contributed by atoms with Crippen LogP contribution >= 0.6 is 11.6 Å². The summed E-state index contributed by atoms with van der Waals surface area (Å²) in [6, 6.07) is 4.00. The van der Waals surface area contributed by atoms with Crippen molar-refractivity contribution in [1.29, 1.82) is 0 Å². The second kappa shape index (κ2) is 9.22. The monoisotopic (exact) mass is 435 g/mol. The summed E-state index contributed by atoms with van der Waals surface area (Å²) in [4.78, 5) is 25.6. The maximum atomic E-state index is 13.4. The Bertz CT molecular complexity index is 914. The lowest BCUT2D eigenvalue weighted by Gasteiger charge is -2.32. The molecule has 3 heterocycles. The number of anilines is 1. The molecule has 1 aromatic carbocycles. The molecule has 6 nitrogen and oxygen atoms in total. The first-order valence-electron chi connectivity index (χ1n) is 10.2. The van der Waals surface area contributed by atoms with Crippen LogP contribution in [-0.4, -0.2) is 53.0 Å². The van der Waals surface area contributed by atoms with Gasteiger partial charge in [-0.25, -0.2) is 18.7 Å². The minimum Gasteiger partial charge on any atom is -0.348 e. The topological polar surface area (TPSA) is 61.4 Å². The molecule has 0 atom stereocenters. The lowest BCUT2D eigenvalue weighted by atomic mass is 10.0. The Morgan fingerprint density at radius 1 is 1.13 bits per heavy atom. The molecular weight excluding hydrogens is 412 g/mol. The Hall–Kier alpha value is -2.32. The van der Waals surface area contributed by atoms with Gasteiger partial charge in [0.25, 0.3) is 5.91 Å². The number of halogens is 3. The van der Waals surface area contributed by atoms with E-state index in [-0.39, 0.29) is 22.7 Å². The molecule has 9 heteroatoms. The van der Waals surface area contributed by atoms with Crippen LogP contribution in [0.25, 0.3) is 0 Å². The Labute approximate surface area is 179 Å². The molecule has 0 spiro atoms. The molecular formula is C21H24ClF2N5O. The molecule has 1 aromatic heterocycles. The Morgan fingerprint density at radius 3 is 2.57 bits per heavy atom. The standard InChI is InChI=1S/C21H24ClF2N5O/c22-16-12-25-21(29-7-1-2-8-29)27-19(16)20(30)26-15-5-9-28(10-6-15)13-14-3-4-17(23)18(24)11-14/h3-4,11-12,15H,1-2,5-10,13H2,(H,26,30). The van der Waals surface area contributed by atoms with Crippen LogP contribution in [0, 0.1) is 11.6 Å². The second-order valence-electron chi connectivity index (χ2n) is 7.83. The van der Waals surface area contributed by atoms with Crippen LogP contribution < -0.4 is 10.2 Å². The van der Waals surface area contributed by atoms with Gasteiger partial charge in [0.2, 0.25) is 5.95 Å². The van der Waals surface area contributed by atoms with Crippen LogP contribution in [0.1, 0.15) is 41.7 Å². The first-order valence-corrected chi connectivity index (χ1v) is 10.6. The normalized spacial score (nSPS) is 18.0. The van der Waals surface area contributed by atoms with Gasteiger partial charge in [0.05, 0.1) is 11.2 Å². The molecule has 2 fully saturated rings. The van der Waals surface area contributed by atoms with Gasteiger partial charge in [-0.05, 0) is 43.4 Å². The number of rotatable bonds is 5. The zero-order chi connectivity index (χ0) is 21.1. The molecule has 2 aliphatic rings. The fraction of sp³-hybridized carbons (Fsp3) is 0.476. The van der Waals surface area contributed by atoms with E-state index in [1.165, 1.54) is 12.3 Å². The third-order valence-electron chi connectivity index (χ3n) is 5.65. The maximum Gasteiger partial charge on any atom is 0.271 e. The number of aromatic nitrogens is 2. The number of amides is 1. The van der Waals surface area contributed by atoms with Gasteiger partial charge in [-0.15, -0.1) is 0 Å². The highest BCUT2D eigenvalue weighted by atomic mass is 35.5. The van der Waals surface area contributed by atoms with Gasteiger partial charge in [0, 0.05) is 38.8 Å². The molecule has 2 saturated heterocycles. The molecule has 2 aliphatic heterocycles. The maximum absolute atomic E-state index is 13.4. The first-order chi connectivity index (χ1) is 14.5. The number of nitrogens with zero attached hydrogens (tertiary/aromatic N) is 4. The van der Waals surface area contributed by atoms with E-state index in [0.717, 1.165) is 63.5 Å². The summed E-state index contributed by atoms with van der Waals surface area (Å²) >= 11 is 6.18. The number of hydrogen-bond acceptors (Lipinski definition) is 5. The Kier molecular flexibility index (Phi) is 6.43. The van der Waals surface area contributed by atoms with Crippen molar-refractivity contribution in [3.05, 3.63) is 52.3 Å². The molecule has 2 aromatic rings. The number of hydrogen-bond donors (Lipinski definition) is 1. The lowest BCUT2D eigenvalue weighted by Crippen LogP contribution is -2.44. The molecule has 30 heavy (non-hydrogen) atoms. The zero-order valence-electron chi connectivity index (χ0n) is 16.6. The molecule has 0 aliphatic carbocycles. The highest BCUT2D eigenvalue weighted by Crippen LogP contribution is 2.21. The Balaban J connectivity index is 1.32. The molecule has 0 bridgehead atoms. The molecule has 1 N–H and O–H groups in total. The predicted octanol–water partition coefficient (Wildman–Crippen LogP) is 3.40. The largest absolute Gasteiger partial charge is 0.348 e. The van der Waals surface area contributed by atoms with E-state index in [4.69, 9.17) is 11.6 Å². The van der Waals surface area contributed by atoms with Crippen molar-refractivity contribution < 1.29 is 13.6 Å². The van der Waals surface area contributed by atoms with Gasteiger partial charge >= 0.3 is 0 Å². The first kappa shape index (κ1) is 20.9. The third-order valence-corrected chi connectivity index (χ3v) is 5.92. The van der Waals surface area contributed by atoms with Crippen molar-refractivity contribution in [2.45, 2.75) is 38.3 Å². The van der Waals surface area contributed by atoms with Crippen molar-refractivity contribution in [3.8, 4) is 0 Å². The van der Waals surface area contributed by atoms with Crippen LogP contribution in [0.2, 0.25) is 5.02 Å². The van der Waals surface area contributed by atoms with Gasteiger partial charge in [0.15, 0.2) is 17.3 Å². The van der Waals surface area contributed by atoms with Crippen LogP contribution in [0.3, 0.4) is 0 Å². The summed E-state index contributed by atoms with van der Waals surface area (Å²) in [7, 11) is 0. The van der Waals surface area contributed by atoms with Crippen molar-refractivity contribution in [2.75, 3.05) is 31.1 Å². The van der Waals surface area contributed by atoms with Gasteiger partial charge in [-0.3, -0.25) is 9.69 Å². The van der Waals surface area contributed by atoms with E-state index in [2.05, 4.69) is 25.1 Å². The highest BCUT2D eigenvalue weighted by Gasteiger charge is 2.24. The second-order valence-corrected chi connectivity index (χ2v) is 8.24. The van der Waals surface area contributed by atoms with Crippen molar-refractivity contribution in [3.63, 3.8) is 0 Å². The zero-order valence-corrected chi connectivity index (χ0v) is 17.3. The van der Waals surface area contributed by atoms with Gasteiger partial charge in [0.1, 0.15) is 0 Å². The van der Waals surface area contributed by atoms with Crippen molar-refractivity contribution in [2.24, 2.45) is 0 Å². The quantitative estimate of drug-likeness (QED) is 0.780. The van der Waals surface area contributed by atoms with Crippen LogP contribution in [-0.2, 0) is 6.54 Å². The van der Waals surface area contributed by atoms with Crippen molar-refractivity contribution >= 4 is 23.5 Å². The number of piperidine rings is 1. The molecule has 0 radical (unpaired) electrons. The summed E-state index contributed by atoms with van der Waals surface area (Å²) in [5.74, 6) is -1.41. The summed E-state index contributed by atoms with van der Waals surface area (Å²) in [5.41, 5.74) is 0.941. The smallest absolute Gasteiger partial charge is 0.271 e. The summed E-state index contributed by atoms with van der Waals surface area (Å²) in [5, 5.41) is 3.27. The predicted molar refractivity (Wildman–Crippen MR) is 111 cm³/mol. The number of carbonyl (C=O) groups excluding carboxylic acids is 1. The van der Waals surface area contributed by atoms with E-state index in [1.54, 1.807) is 6.07 Å². The average Bonchev–Trinajstić information content (AvgIpc) is 3.27. The third kappa shape index (κ3) is 4.87. The van der Waals surface area contributed by atoms with Gasteiger partial charge < -0.3 is 10.2 Å². The fourth-order valence-corrected chi connectivity index (χ4v) is 4.15. The van der Waals surface area contributed by atoms with Gasteiger partial charge in [-0.1, -0.05) is 17.7 Å². The van der Waals surface area contributed by atoms with Gasteiger partial charge in [-0.2, -0.15) is 0 Å². The van der Waals surface area contributed by atoms with E-state index >= 15 is 0 Å².